The van der Waals surface area contributed by atoms with Gasteiger partial charge >= 0.3 is 0 Å². The fraction of sp³-hybridized carbons (Fsp3) is 0.417. The van der Waals surface area contributed by atoms with Crippen LogP contribution in [0.2, 0.25) is 0 Å². The van der Waals surface area contributed by atoms with Crippen LogP contribution in [-0.4, -0.2) is 24.2 Å². The van der Waals surface area contributed by atoms with Crippen molar-refractivity contribution in [1.82, 2.24) is 5.32 Å². The van der Waals surface area contributed by atoms with Gasteiger partial charge in [-0.15, -0.1) is 11.6 Å². The first-order chi connectivity index (χ1) is 7.75. The summed E-state index contributed by atoms with van der Waals surface area (Å²) in [5, 5.41) is 10.7. The highest BCUT2D eigenvalue weighted by molar-refractivity contribution is 6.30. The molecule has 0 spiro atoms. The van der Waals surface area contributed by atoms with E-state index in [-0.39, 0.29) is 12.5 Å². The Balaban J connectivity index is 2.37. The predicted molar refractivity (Wildman–Crippen MR) is 64.4 cm³/mol. The van der Waals surface area contributed by atoms with Gasteiger partial charge in [0, 0.05) is 13.2 Å². The van der Waals surface area contributed by atoms with Crippen LogP contribution in [0.25, 0.3) is 0 Å². The number of amides is 1. The van der Waals surface area contributed by atoms with Gasteiger partial charge in [-0.05, 0) is 18.4 Å². The van der Waals surface area contributed by atoms with Crippen LogP contribution in [0.5, 0.6) is 0 Å². The van der Waals surface area contributed by atoms with Crippen molar-refractivity contribution >= 4 is 17.5 Å². The summed E-state index contributed by atoms with van der Waals surface area (Å²) in [4.78, 5) is 11.6. The zero-order chi connectivity index (χ0) is 11.8. The molecule has 1 atom stereocenters. The van der Waals surface area contributed by atoms with Gasteiger partial charge in [0.2, 0.25) is 5.91 Å². The van der Waals surface area contributed by atoms with E-state index in [4.69, 9.17) is 16.7 Å². The van der Waals surface area contributed by atoms with Crippen molar-refractivity contribution < 1.29 is 9.90 Å². The average molecular weight is 242 g/mol. The lowest BCUT2D eigenvalue weighted by atomic mass is 10.1. The van der Waals surface area contributed by atoms with Crippen molar-refractivity contribution in [1.29, 1.82) is 0 Å². The molecule has 0 aliphatic rings. The molecular formula is C12H16ClNO2. The second-order valence-electron chi connectivity index (χ2n) is 3.49. The van der Waals surface area contributed by atoms with Gasteiger partial charge in [-0.1, -0.05) is 30.3 Å². The number of unbranched alkanes of at least 4 members (excludes halogenated alkanes) is 1. The first-order valence-electron chi connectivity index (χ1n) is 5.33. The smallest absolute Gasteiger partial charge is 0.242 e. The quantitative estimate of drug-likeness (QED) is 0.590. The zero-order valence-corrected chi connectivity index (χ0v) is 9.78. The Hall–Kier alpha value is -1.06. The monoisotopic (exact) mass is 241 g/mol. The molecule has 2 N–H and O–H groups in total. The number of hydrogen-bond donors (Lipinski definition) is 2. The lowest BCUT2D eigenvalue weighted by Gasteiger charge is -2.10. The maximum atomic E-state index is 11.6. The number of alkyl halides is 1. The van der Waals surface area contributed by atoms with Crippen molar-refractivity contribution in [3.63, 3.8) is 0 Å². The van der Waals surface area contributed by atoms with Gasteiger partial charge in [-0.25, -0.2) is 0 Å². The lowest BCUT2D eigenvalue weighted by Crippen LogP contribution is -2.28. The third-order valence-electron chi connectivity index (χ3n) is 2.21. The van der Waals surface area contributed by atoms with Crippen molar-refractivity contribution in [3.8, 4) is 0 Å². The van der Waals surface area contributed by atoms with Gasteiger partial charge in [0.1, 0.15) is 5.38 Å². The maximum Gasteiger partial charge on any atom is 0.242 e. The van der Waals surface area contributed by atoms with E-state index in [2.05, 4.69) is 5.32 Å². The molecular weight excluding hydrogens is 226 g/mol. The highest BCUT2D eigenvalue weighted by atomic mass is 35.5. The molecule has 0 bridgehead atoms. The first-order valence-corrected chi connectivity index (χ1v) is 5.77. The summed E-state index contributed by atoms with van der Waals surface area (Å²) in [6, 6.07) is 9.23. The molecule has 0 aliphatic heterocycles. The molecule has 1 rings (SSSR count). The summed E-state index contributed by atoms with van der Waals surface area (Å²) in [6.07, 6.45) is 1.46. The predicted octanol–water partition coefficient (Wildman–Crippen LogP) is 1.86. The third-order valence-corrected chi connectivity index (χ3v) is 2.66. The van der Waals surface area contributed by atoms with E-state index in [1.165, 1.54) is 0 Å². The minimum Gasteiger partial charge on any atom is -0.396 e. The summed E-state index contributed by atoms with van der Waals surface area (Å²) < 4.78 is 0. The Labute approximate surface area is 100 Å². The van der Waals surface area contributed by atoms with Crippen LogP contribution in [0.4, 0.5) is 0 Å². The van der Waals surface area contributed by atoms with Gasteiger partial charge in [-0.2, -0.15) is 0 Å². The van der Waals surface area contributed by atoms with Crippen LogP contribution < -0.4 is 5.32 Å². The molecule has 0 saturated carbocycles. The largest absolute Gasteiger partial charge is 0.396 e. The molecule has 1 aromatic rings. The highest BCUT2D eigenvalue weighted by Crippen LogP contribution is 2.19. The van der Waals surface area contributed by atoms with Crippen LogP contribution in [-0.2, 0) is 4.79 Å². The van der Waals surface area contributed by atoms with E-state index in [0.29, 0.717) is 13.0 Å². The van der Waals surface area contributed by atoms with E-state index < -0.39 is 5.38 Å². The summed E-state index contributed by atoms with van der Waals surface area (Å²) >= 11 is 6.01. The van der Waals surface area contributed by atoms with Crippen molar-refractivity contribution in [3.05, 3.63) is 35.9 Å². The number of hydrogen-bond acceptors (Lipinski definition) is 2. The fourth-order valence-corrected chi connectivity index (χ4v) is 1.53. The minimum atomic E-state index is -0.643. The standard InChI is InChI=1S/C12H16ClNO2/c13-11(10-6-2-1-3-7-10)12(16)14-8-4-5-9-15/h1-3,6-7,11,15H,4-5,8-9H2,(H,14,16). The highest BCUT2D eigenvalue weighted by Gasteiger charge is 2.16. The second-order valence-corrected chi connectivity index (χ2v) is 3.93. The Morgan fingerprint density at radius 2 is 2.00 bits per heavy atom. The topological polar surface area (TPSA) is 49.3 Å². The zero-order valence-electron chi connectivity index (χ0n) is 9.03. The average Bonchev–Trinajstić information content (AvgIpc) is 2.34. The van der Waals surface area contributed by atoms with Crippen LogP contribution in [0.3, 0.4) is 0 Å². The van der Waals surface area contributed by atoms with Gasteiger partial charge in [0.25, 0.3) is 0 Å². The summed E-state index contributed by atoms with van der Waals surface area (Å²) in [5.41, 5.74) is 0.795. The Morgan fingerprint density at radius 1 is 1.31 bits per heavy atom. The number of nitrogens with one attached hydrogen (secondary N) is 1. The number of carbonyl (C=O) groups excluding carboxylic acids is 1. The number of benzene rings is 1. The van der Waals surface area contributed by atoms with Gasteiger partial charge < -0.3 is 10.4 Å². The van der Waals surface area contributed by atoms with Crippen molar-refractivity contribution in [2.24, 2.45) is 0 Å². The molecule has 4 heteroatoms. The Morgan fingerprint density at radius 3 is 2.62 bits per heavy atom. The molecule has 88 valence electrons. The van der Waals surface area contributed by atoms with Crippen LogP contribution in [0.15, 0.2) is 30.3 Å². The lowest BCUT2D eigenvalue weighted by molar-refractivity contribution is -0.120. The molecule has 1 amide bonds. The molecule has 0 fully saturated rings. The van der Waals surface area contributed by atoms with Gasteiger partial charge in [-0.3, -0.25) is 4.79 Å². The van der Waals surface area contributed by atoms with Gasteiger partial charge in [0.15, 0.2) is 0 Å². The van der Waals surface area contributed by atoms with E-state index in [0.717, 1.165) is 12.0 Å². The normalized spacial score (nSPS) is 12.1. The van der Waals surface area contributed by atoms with Crippen LogP contribution in [0, 0.1) is 0 Å². The summed E-state index contributed by atoms with van der Waals surface area (Å²) in [6.45, 7) is 0.703. The molecule has 0 aromatic heterocycles. The van der Waals surface area contributed by atoms with E-state index in [1.807, 2.05) is 30.3 Å². The van der Waals surface area contributed by atoms with E-state index in [9.17, 15) is 4.79 Å². The number of rotatable bonds is 6. The van der Waals surface area contributed by atoms with E-state index in [1.54, 1.807) is 0 Å². The minimum absolute atomic E-state index is 0.152. The maximum absolute atomic E-state index is 11.6. The molecule has 0 aliphatic carbocycles. The molecule has 1 aromatic carbocycles. The summed E-state index contributed by atoms with van der Waals surface area (Å²) in [7, 11) is 0. The summed E-state index contributed by atoms with van der Waals surface area (Å²) in [5.74, 6) is -0.189. The fourth-order valence-electron chi connectivity index (χ4n) is 1.31. The molecule has 3 nitrogen and oxygen atoms in total. The molecule has 0 radical (unpaired) electrons. The molecule has 0 saturated heterocycles. The first kappa shape index (κ1) is 13.0. The molecule has 1 unspecified atom stereocenters. The third kappa shape index (κ3) is 4.21. The SMILES string of the molecule is O=C(NCCCCO)C(Cl)c1ccccc1. The number of aliphatic hydroxyl groups excluding tert-OH is 1. The molecule has 16 heavy (non-hydrogen) atoms. The van der Waals surface area contributed by atoms with Crippen molar-refractivity contribution in [2.75, 3.05) is 13.2 Å². The Kier molecular flexibility index (Phi) is 5.90. The van der Waals surface area contributed by atoms with Gasteiger partial charge in [0.05, 0.1) is 0 Å². The van der Waals surface area contributed by atoms with E-state index >= 15 is 0 Å². The number of halogens is 1. The van der Waals surface area contributed by atoms with Crippen molar-refractivity contribution in [2.45, 2.75) is 18.2 Å². The molecule has 0 heterocycles. The van der Waals surface area contributed by atoms with Crippen LogP contribution in [0.1, 0.15) is 23.8 Å². The number of carbonyl (C=O) groups is 1. The number of aliphatic hydroxyl groups is 1. The van der Waals surface area contributed by atoms with Crippen LogP contribution >= 0.6 is 11.6 Å². The second kappa shape index (κ2) is 7.25. The Bertz CT molecular complexity index is 316.